The van der Waals surface area contributed by atoms with Crippen molar-refractivity contribution in [2.24, 2.45) is 16.2 Å². The molecule has 1 N–H and O–H groups in total. The van der Waals surface area contributed by atoms with E-state index in [1.807, 2.05) is 50.2 Å². The van der Waals surface area contributed by atoms with Gasteiger partial charge in [-0.15, -0.1) is 0 Å². The van der Waals surface area contributed by atoms with Crippen LogP contribution in [0.5, 0.6) is 11.5 Å². The first-order chi connectivity index (χ1) is 19.0. The zero-order valence-electron chi connectivity index (χ0n) is 22.7. The minimum atomic E-state index is -1.48. The van der Waals surface area contributed by atoms with Crippen LogP contribution in [0.3, 0.4) is 0 Å². The van der Waals surface area contributed by atoms with E-state index < -0.39 is 45.6 Å². The molecule has 0 spiro atoms. The molecular weight excluding hydrogens is 506 g/mol. The average Bonchev–Trinajstić information content (AvgIpc) is 3.59. The lowest BCUT2D eigenvalue weighted by Crippen LogP contribution is -2.40. The highest BCUT2D eigenvalue weighted by Crippen LogP contribution is 2.84. The van der Waals surface area contributed by atoms with E-state index in [0.717, 1.165) is 5.01 Å². The van der Waals surface area contributed by atoms with Crippen LogP contribution < -0.4 is 4.74 Å². The van der Waals surface area contributed by atoms with Crippen molar-refractivity contribution in [2.45, 2.75) is 45.7 Å². The molecule has 8 nitrogen and oxygen atoms in total. The Morgan fingerprint density at radius 1 is 0.900 bits per heavy atom. The molecule has 4 atom stereocenters. The fourth-order valence-electron chi connectivity index (χ4n) is 7.32. The molecule has 8 heteroatoms. The van der Waals surface area contributed by atoms with Crippen molar-refractivity contribution in [1.82, 2.24) is 10.0 Å². The molecular formula is C32H29N3O5. The molecule has 0 aromatic heterocycles. The van der Waals surface area contributed by atoms with Gasteiger partial charge in [0.1, 0.15) is 11.5 Å². The number of ether oxygens (including phenoxy) is 1. The lowest BCUT2D eigenvalue weighted by molar-refractivity contribution is -0.145. The first-order valence-electron chi connectivity index (χ1n) is 13.2. The van der Waals surface area contributed by atoms with Crippen molar-refractivity contribution in [3.8, 4) is 17.6 Å². The number of amides is 2. The fraction of sp³-hybridized carbons (Fsp3) is 0.312. The van der Waals surface area contributed by atoms with Crippen molar-refractivity contribution < 1.29 is 24.2 Å². The number of hydrogen-bond donors (Lipinski definition) is 1. The number of carboxylic acids is 1. The van der Waals surface area contributed by atoms with Crippen molar-refractivity contribution in [3.63, 3.8) is 0 Å². The summed E-state index contributed by atoms with van der Waals surface area (Å²) in [5.74, 6) is -0.797. The van der Waals surface area contributed by atoms with Gasteiger partial charge in [-0.1, -0.05) is 56.3 Å². The summed E-state index contributed by atoms with van der Waals surface area (Å²) >= 11 is 0. The number of para-hydroxylation sites is 1. The maximum absolute atomic E-state index is 13.3. The van der Waals surface area contributed by atoms with E-state index in [2.05, 4.69) is 6.07 Å². The summed E-state index contributed by atoms with van der Waals surface area (Å²) in [4.78, 5) is 39.9. The Hall–Kier alpha value is -4.48. The smallest absolute Gasteiger partial charge is 0.312 e. The molecule has 40 heavy (non-hydrogen) atoms. The minimum Gasteiger partial charge on any atom is -0.481 e. The molecule has 3 aliphatic rings. The van der Waals surface area contributed by atoms with Gasteiger partial charge in [-0.2, -0.15) is 10.3 Å². The van der Waals surface area contributed by atoms with E-state index in [1.54, 1.807) is 61.3 Å². The van der Waals surface area contributed by atoms with Crippen LogP contribution in [0, 0.1) is 27.6 Å². The number of aliphatic carboxylic acids is 1. The van der Waals surface area contributed by atoms with Gasteiger partial charge in [-0.05, 0) is 62.2 Å². The van der Waals surface area contributed by atoms with Crippen molar-refractivity contribution in [1.29, 1.82) is 5.26 Å². The highest BCUT2D eigenvalue weighted by atomic mass is 16.5. The van der Waals surface area contributed by atoms with Gasteiger partial charge in [-0.3, -0.25) is 14.4 Å². The summed E-state index contributed by atoms with van der Waals surface area (Å²) in [6.07, 6.45) is 0.0808. The van der Waals surface area contributed by atoms with Gasteiger partial charge in [0.05, 0.1) is 39.6 Å². The number of fused-ring (bicyclic) bond motifs is 1. The number of imide groups is 1. The number of hydrazine groups is 1. The topological polar surface area (TPSA) is 111 Å². The molecule has 1 aliphatic carbocycles. The van der Waals surface area contributed by atoms with Crippen LogP contribution in [0.25, 0.3) is 0 Å². The zero-order chi connectivity index (χ0) is 28.7. The number of benzene rings is 3. The van der Waals surface area contributed by atoms with Gasteiger partial charge in [0.15, 0.2) is 0 Å². The van der Waals surface area contributed by atoms with Crippen LogP contribution in [0.2, 0.25) is 0 Å². The lowest BCUT2D eigenvalue weighted by atomic mass is 9.82. The minimum absolute atomic E-state index is 0.0808. The second-order valence-corrected chi connectivity index (χ2v) is 11.9. The maximum atomic E-state index is 13.3. The van der Waals surface area contributed by atoms with Crippen LogP contribution in [0.4, 0.5) is 0 Å². The van der Waals surface area contributed by atoms with Gasteiger partial charge < -0.3 is 9.84 Å². The van der Waals surface area contributed by atoms with Crippen LogP contribution >= 0.6 is 0 Å². The van der Waals surface area contributed by atoms with Gasteiger partial charge in [0.2, 0.25) is 0 Å². The number of carbonyl (C=O) groups excluding carboxylic acids is 2. The number of hydrogen-bond acceptors (Lipinski definition) is 6. The number of carboxylic acid groups (broad SMARTS) is 1. The van der Waals surface area contributed by atoms with E-state index in [0.29, 0.717) is 28.2 Å². The Labute approximate surface area is 232 Å². The zero-order valence-corrected chi connectivity index (χ0v) is 22.7. The van der Waals surface area contributed by atoms with Crippen molar-refractivity contribution >= 4 is 17.8 Å². The summed E-state index contributed by atoms with van der Waals surface area (Å²) < 4.78 is 5.97. The normalized spacial score (nSPS) is 28.9. The van der Waals surface area contributed by atoms with Crippen LogP contribution in [0.1, 0.15) is 54.0 Å². The third-order valence-corrected chi connectivity index (χ3v) is 9.39. The van der Waals surface area contributed by atoms with Crippen molar-refractivity contribution in [3.05, 3.63) is 95.6 Å². The van der Waals surface area contributed by atoms with Gasteiger partial charge in [0.25, 0.3) is 11.8 Å². The van der Waals surface area contributed by atoms with E-state index >= 15 is 0 Å². The Bertz CT molecular complexity index is 1590. The molecule has 2 fully saturated rings. The molecule has 3 aromatic rings. The quantitative estimate of drug-likeness (QED) is 0.322. The number of nitriles is 1. The van der Waals surface area contributed by atoms with E-state index in [9.17, 15) is 24.8 Å². The van der Waals surface area contributed by atoms with Gasteiger partial charge >= 0.3 is 5.97 Å². The maximum Gasteiger partial charge on any atom is 0.312 e. The van der Waals surface area contributed by atoms with Crippen LogP contribution in [-0.4, -0.2) is 44.5 Å². The van der Waals surface area contributed by atoms with Gasteiger partial charge in [-0.25, -0.2) is 5.01 Å². The van der Waals surface area contributed by atoms with Crippen molar-refractivity contribution in [2.75, 3.05) is 0 Å². The largest absolute Gasteiger partial charge is 0.481 e. The Morgan fingerprint density at radius 2 is 1.48 bits per heavy atom. The average molecular weight is 536 g/mol. The van der Waals surface area contributed by atoms with E-state index in [4.69, 9.17) is 4.74 Å². The second kappa shape index (κ2) is 8.26. The molecule has 6 rings (SSSR count). The fourth-order valence-corrected chi connectivity index (χ4v) is 7.32. The Morgan fingerprint density at radius 3 is 2.05 bits per heavy atom. The van der Waals surface area contributed by atoms with E-state index in [1.165, 1.54) is 0 Å². The SMILES string of the molecule is CC1(C)[C@H]([C@]2(C#N)C(C)(C)[C@@]2(Cc2cccc(Oc3ccccc3)c2)C(=O)O)N1N1C(=O)c2ccccc2C1=O. The summed E-state index contributed by atoms with van der Waals surface area (Å²) in [6, 6.07) is 24.9. The third-order valence-electron chi connectivity index (χ3n) is 9.39. The first-order valence-corrected chi connectivity index (χ1v) is 13.2. The monoisotopic (exact) mass is 535 g/mol. The molecule has 1 saturated carbocycles. The second-order valence-electron chi connectivity index (χ2n) is 11.9. The Kier molecular flexibility index (Phi) is 5.32. The van der Waals surface area contributed by atoms with Gasteiger partial charge in [0, 0.05) is 5.41 Å². The predicted octanol–water partition coefficient (Wildman–Crippen LogP) is 5.32. The molecule has 202 valence electrons. The summed E-state index contributed by atoms with van der Waals surface area (Å²) in [5, 5.41) is 24.2. The molecule has 1 saturated heterocycles. The highest BCUT2D eigenvalue weighted by molar-refractivity contribution is 6.21. The Balaban J connectivity index is 1.37. The molecule has 2 aliphatic heterocycles. The standard InChI is InChI=1S/C32H29N3O5/c1-29(2)27(35(29)34-25(36)23-15-8-9-16-24(23)26(34)37)32(19-33)30(3,4)31(32,28(38)39)18-20-11-10-14-22(17-20)40-21-12-6-5-7-13-21/h5-17,27H,18H2,1-4H3,(H,38,39)/t27-,31-,32-,35?/m1/s1. The van der Waals surface area contributed by atoms with E-state index in [-0.39, 0.29) is 6.42 Å². The first kappa shape index (κ1) is 25.8. The van der Waals surface area contributed by atoms with Crippen LogP contribution in [0.15, 0.2) is 78.9 Å². The highest BCUT2D eigenvalue weighted by Gasteiger charge is 2.95. The summed E-state index contributed by atoms with van der Waals surface area (Å²) in [6.45, 7) is 7.28. The third kappa shape index (κ3) is 3.07. The molecule has 0 radical (unpaired) electrons. The molecule has 2 heterocycles. The molecule has 2 amide bonds. The molecule has 1 unspecified atom stereocenters. The number of nitrogens with zero attached hydrogens (tertiary/aromatic N) is 3. The number of carbonyl (C=O) groups is 3. The summed E-state index contributed by atoms with van der Waals surface area (Å²) in [5.41, 5.74) is -3.34. The molecule has 0 bridgehead atoms. The predicted molar refractivity (Wildman–Crippen MR) is 145 cm³/mol. The van der Waals surface area contributed by atoms with Crippen LogP contribution in [-0.2, 0) is 11.2 Å². The lowest BCUT2D eigenvalue weighted by Gasteiger charge is -2.20. The summed E-state index contributed by atoms with van der Waals surface area (Å²) in [7, 11) is 0. The molecule has 3 aromatic carbocycles. The number of rotatable bonds is 7.